The molecular formula is C12H15FN2O2. The zero-order valence-corrected chi connectivity index (χ0v) is 9.56. The third-order valence-corrected chi connectivity index (χ3v) is 2.83. The number of carbonyl (C=O) groups excluding carboxylic acids is 1. The number of hydrogen-bond acceptors (Lipinski definition) is 3. The Morgan fingerprint density at radius 2 is 2.24 bits per heavy atom. The molecule has 2 unspecified atom stereocenters. The second-order valence-electron chi connectivity index (χ2n) is 4.20. The lowest BCUT2D eigenvalue weighted by Gasteiger charge is -2.36. The Labute approximate surface area is 99.0 Å². The molecule has 1 fully saturated rings. The van der Waals surface area contributed by atoms with Crippen molar-refractivity contribution in [1.82, 2.24) is 5.32 Å². The number of rotatable bonds is 2. The monoisotopic (exact) mass is 238 g/mol. The van der Waals surface area contributed by atoms with Gasteiger partial charge in [0, 0.05) is 12.6 Å². The Balaban J connectivity index is 2.31. The summed E-state index contributed by atoms with van der Waals surface area (Å²) in [6, 6.07) is 5.52. The average Bonchev–Trinajstić information content (AvgIpc) is 2.32. The molecule has 1 aromatic rings. The highest BCUT2D eigenvalue weighted by molar-refractivity contribution is 5.98. The minimum Gasteiger partial charge on any atom is -0.394 e. The van der Waals surface area contributed by atoms with Gasteiger partial charge in [-0.1, -0.05) is 12.1 Å². The van der Waals surface area contributed by atoms with E-state index in [9.17, 15) is 9.18 Å². The van der Waals surface area contributed by atoms with Crippen molar-refractivity contribution in [2.75, 3.05) is 18.1 Å². The fourth-order valence-corrected chi connectivity index (χ4v) is 2.04. The topological polar surface area (TPSA) is 52.6 Å². The van der Waals surface area contributed by atoms with Crippen LogP contribution in [0.2, 0.25) is 0 Å². The van der Waals surface area contributed by atoms with Gasteiger partial charge in [0.25, 0.3) is 0 Å². The molecule has 2 atom stereocenters. The molecule has 92 valence electrons. The van der Waals surface area contributed by atoms with E-state index in [2.05, 4.69) is 5.32 Å². The number of aliphatic hydroxyl groups excluding tert-OH is 1. The van der Waals surface area contributed by atoms with Crippen molar-refractivity contribution in [2.24, 2.45) is 0 Å². The van der Waals surface area contributed by atoms with Crippen molar-refractivity contribution in [2.45, 2.75) is 19.0 Å². The first-order valence-electron chi connectivity index (χ1n) is 5.56. The summed E-state index contributed by atoms with van der Waals surface area (Å²) in [7, 11) is 0. The summed E-state index contributed by atoms with van der Waals surface area (Å²) in [6.45, 7) is 2.01. The maximum absolute atomic E-state index is 13.6. The SMILES string of the molecule is CC1CN(c2ccccc2F)C(=O)C(CO)N1. The summed E-state index contributed by atoms with van der Waals surface area (Å²) in [5, 5.41) is 12.1. The van der Waals surface area contributed by atoms with Gasteiger partial charge in [0.1, 0.15) is 11.9 Å². The normalized spacial score (nSPS) is 25.1. The van der Waals surface area contributed by atoms with Crippen LogP contribution in [0.4, 0.5) is 10.1 Å². The van der Waals surface area contributed by atoms with Crippen LogP contribution in [0.25, 0.3) is 0 Å². The fraction of sp³-hybridized carbons (Fsp3) is 0.417. The number of aliphatic hydroxyl groups is 1. The second-order valence-corrected chi connectivity index (χ2v) is 4.20. The first-order valence-corrected chi connectivity index (χ1v) is 5.56. The Hall–Kier alpha value is -1.46. The van der Waals surface area contributed by atoms with Crippen LogP contribution in [0.3, 0.4) is 0 Å². The molecule has 1 aromatic carbocycles. The lowest BCUT2D eigenvalue weighted by Crippen LogP contribution is -2.60. The number of carbonyl (C=O) groups is 1. The van der Waals surface area contributed by atoms with Crippen molar-refractivity contribution in [1.29, 1.82) is 0 Å². The van der Waals surface area contributed by atoms with E-state index in [-0.39, 0.29) is 24.2 Å². The third-order valence-electron chi connectivity index (χ3n) is 2.83. The zero-order valence-electron chi connectivity index (χ0n) is 9.56. The highest BCUT2D eigenvalue weighted by Gasteiger charge is 2.33. The molecule has 2 rings (SSSR count). The van der Waals surface area contributed by atoms with Crippen LogP contribution >= 0.6 is 0 Å². The minimum absolute atomic E-state index is 0.0180. The predicted octanol–water partition coefficient (Wildman–Crippen LogP) is 0.511. The average molecular weight is 238 g/mol. The van der Waals surface area contributed by atoms with Gasteiger partial charge in [-0.05, 0) is 19.1 Å². The van der Waals surface area contributed by atoms with E-state index in [1.54, 1.807) is 18.2 Å². The number of anilines is 1. The maximum Gasteiger partial charge on any atom is 0.246 e. The van der Waals surface area contributed by atoms with Crippen molar-refractivity contribution in [3.05, 3.63) is 30.1 Å². The molecule has 1 amide bonds. The summed E-state index contributed by atoms with van der Waals surface area (Å²) in [5.74, 6) is -0.720. The molecule has 17 heavy (non-hydrogen) atoms. The predicted molar refractivity (Wildman–Crippen MR) is 62.2 cm³/mol. The van der Waals surface area contributed by atoms with Gasteiger partial charge in [0.2, 0.25) is 5.91 Å². The first kappa shape index (κ1) is 12.0. The van der Waals surface area contributed by atoms with Crippen molar-refractivity contribution >= 4 is 11.6 Å². The van der Waals surface area contributed by atoms with Crippen LogP contribution in [0.1, 0.15) is 6.92 Å². The number of hydrogen-bond donors (Lipinski definition) is 2. The van der Waals surface area contributed by atoms with Crippen LogP contribution in [0, 0.1) is 5.82 Å². The van der Waals surface area contributed by atoms with Gasteiger partial charge < -0.3 is 10.0 Å². The second kappa shape index (κ2) is 4.81. The van der Waals surface area contributed by atoms with Crippen molar-refractivity contribution < 1.29 is 14.3 Å². The number of para-hydroxylation sites is 1. The fourth-order valence-electron chi connectivity index (χ4n) is 2.04. The van der Waals surface area contributed by atoms with E-state index >= 15 is 0 Å². The molecule has 0 radical (unpaired) electrons. The summed E-state index contributed by atoms with van der Waals surface area (Å²) >= 11 is 0. The summed E-state index contributed by atoms with van der Waals surface area (Å²) in [4.78, 5) is 13.4. The van der Waals surface area contributed by atoms with E-state index in [1.165, 1.54) is 11.0 Å². The summed E-state index contributed by atoms with van der Waals surface area (Å²) in [5.41, 5.74) is 0.268. The molecule has 4 nitrogen and oxygen atoms in total. The number of halogens is 1. The van der Waals surface area contributed by atoms with Gasteiger partial charge in [-0.15, -0.1) is 0 Å². The number of nitrogens with zero attached hydrogens (tertiary/aromatic N) is 1. The van der Waals surface area contributed by atoms with E-state index in [4.69, 9.17) is 5.11 Å². The lowest BCUT2D eigenvalue weighted by molar-refractivity contribution is -0.123. The molecule has 1 heterocycles. The van der Waals surface area contributed by atoms with Gasteiger partial charge in [-0.3, -0.25) is 10.1 Å². The Bertz CT molecular complexity index is 425. The molecule has 2 N–H and O–H groups in total. The first-order chi connectivity index (χ1) is 8.13. The Morgan fingerprint density at radius 3 is 2.88 bits per heavy atom. The molecule has 1 aliphatic heterocycles. The molecule has 0 aromatic heterocycles. The molecular weight excluding hydrogens is 223 g/mol. The standard InChI is InChI=1S/C12H15FN2O2/c1-8-6-15(12(17)10(7-16)14-8)11-5-3-2-4-9(11)13/h2-5,8,10,14,16H,6-7H2,1H3. The van der Waals surface area contributed by atoms with Crippen LogP contribution in [0.5, 0.6) is 0 Å². The number of piperazine rings is 1. The Morgan fingerprint density at radius 1 is 1.53 bits per heavy atom. The smallest absolute Gasteiger partial charge is 0.246 e. The molecule has 0 aliphatic carbocycles. The van der Waals surface area contributed by atoms with Crippen LogP contribution in [-0.2, 0) is 4.79 Å². The molecule has 1 saturated heterocycles. The highest BCUT2D eigenvalue weighted by atomic mass is 19.1. The largest absolute Gasteiger partial charge is 0.394 e. The minimum atomic E-state index is -0.654. The molecule has 0 bridgehead atoms. The van der Waals surface area contributed by atoms with Crippen LogP contribution < -0.4 is 10.2 Å². The molecule has 0 spiro atoms. The number of nitrogens with one attached hydrogen (secondary N) is 1. The third kappa shape index (κ3) is 2.30. The highest BCUT2D eigenvalue weighted by Crippen LogP contribution is 2.21. The van der Waals surface area contributed by atoms with Crippen molar-refractivity contribution in [3.63, 3.8) is 0 Å². The van der Waals surface area contributed by atoms with E-state index in [1.807, 2.05) is 6.92 Å². The van der Waals surface area contributed by atoms with Gasteiger partial charge in [0.15, 0.2) is 0 Å². The van der Waals surface area contributed by atoms with Crippen LogP contribution in [0.15, 0.2) is 24.3 Å². The summed E-state index contributed by atoms with van der Waals surface area (Å²) in [6.07, 6.45) is 0. The van der Waals surface area contributed by atoms with Gasteiger partial charge in [-0.2, -0.15) is 0 Å². The van der Waals surface area contributed by atoms with Crippen LogP contribution in [-0.4, -0.2) is 36.2 Å². The maximum atomic E-state index is 13.6. The quantitative estimate of drug-likeness (QED) is 0.789. The molecule has 5 heteroatoms. The number of benzene rings is 1. The van der Waals surface area contributed by atoms with Gasteiger partial charge in [0.05, 0.1) is 12.3 Å². The van der Waals surface area contributed by atoms with E-state index in [0.29, 0.717) is 6.54 Å². The van der Waals surface area contributed by atoms with Gasteiger partial charge in [-0.25, -0.2) is 4.39 Å². The zero-order chi connectivity index (χ0) is 12.4. The molecule has 1 aliphatic rings. The lowest BCUT2D eigenvalue weighted by atomic mass is 10.1. The van der Waals surface area contributed by atoms with E-state index in [0.717, 1.165) is 0 Å². The molecule has 0 saturated carbocycles. The number of amides is 1. The van der Waals surface area contributed by atoms with Crippen molar-refractivity contribution in [3.8, 4) is 0 Å². The van der Waals surface area contributed by atoms with Gasteiger partial charge >= 0.3 is 0 Å². The van der Waals surface area contributed by atoms with E-state index < -0.39 is 11.9 Å². The summed E-state index contributed by atoms with van der Waals surface area (Å²) < 4.78 is 13.6. The Kier molecular flexibility index (Phi) is 3.40.